The molecule has 0 aliphatic rings. The summed E-state index contributed by atoms with van der Waals surface area (Å²) >= 11 is -0.116. The molecule has 0 aliphatic carbocycles. The van der Waals surface area contributed by atoms with Crippen molar-refractivity contribution in [2.75, 3.05) is 25.4 Å². The molecule has 0 amide bonds. The molecule has 0 rings (SSSR count). The number of carbonyl (C=O) groups is 1. The Kier molecular flexibility index (Phi) is 6.73. The van der Waals surface area contributed by atoms with E-state index in [1.54, 1.807) is 6.92 Å². The molecule has 0 radical (unpaired) electrons. The summed E-state index contributed by atoms with van der Waals surface area (Å²) in [5.41, 5.74) is -4.20. The number of esters is 1. The Morgan fingerprint density at radius 1 is 1.50 bits per heavy atom. The number of alkyl halides is 3. The largest absolute Gasteiger partial charge is 0.465 e. The van der Waals surface area contributed by atoms with Crippen molar-refractivity contribution in [1.82, 2.24) is 5.32 Å². The zero-order chi connectivity index (χ0) is 11.0. The number of hydrogen-bond acceptors (Lipinski definition) is 4. The molecule has 0 fully saturated rings. The summed E-state index contributed by atoms with van der Waals surface area (Å²) in [5, 5.41) is 2.55. The third-order valence-electron chi connectivity index (χ3n) is 1.12. The molecule has 3 nitrogen and oxygen atoms in total. The predicted molar refractivity (Wildman–Crippen MR) is 48.0 cm³/mol. The SMILES string of the molecule is CCOC(=O)CNCCSC(F)(F)F. The van der Waals surface area contributed by atoms with Crippen LogP contribution in [0.25, 0.3) is 0 Å². The molecule has 0 saturated carbocycles. The smallest absolute Gasteiger partial charge is 0.441 e. The maximum atomic E-state index is 11.6. The number of nitrogens with one attached hydrogen (secondary N) is 1. The van der Waals surface area contributed by atoms with Gasteiger partial charge in [-0.25, -0.2) is 0 Å². The van der Waals surface area contributed by atoms with Gasteiger partial charge in [0.15, 0.2) is 0 Å². The van der Waals surface area contributed by atoms with Gasteiger partial charge in [0.05, 0.1) is 13.2 Å². The van der Waals surface area contributed by atoms with Gasteiger partial charge in [0.1, 0.15) is 0 Å². The monoisotopic (exact) mass is 231 g/mol. The second-order valence-electron chi connectivity index (χ2n) is 2.28. The lowest BCUT2D eigenvalue weighted by Crippen LogP contribution is -2.27. The van der Waals surface area contributed by atoms with Gasteiger partial charge in [-0.2, -0.15) is 13.2 Å². The minimum Gasteiger partial charge on any atom is -0.465 e. The number of hydrogen-bond donors (Lipinski definition) is 1. The van der Waals surface area contributed by atoms with Crippen molar-refractivity contribution >= 4 is 17.7 Å². The van der Waals surface area contributed by atoms with Crippen LogP contribution in [0.3, 0.4) is 0 Å². The van der Waals surface area contributed by atoms with E-state index >= 15 is 0 Å². The molecule has 0 saturated heterocycles. The van der Waals surface area contributed by atoms with Crippen LogP contribution in [0.5, 0.6) is 0 Å². The van der Waals surface area contributed by atoms with Crippen LogP contribution in [0.2, 0.25) is 0 Å². The fourth-order valence-electron chi connectivity index (χ4n) is 0.641. The van der Waals surface area contributed by atoms with Crippen LogP contribution < -0.4 is 5.32 Å². The molecule has 14 heavy (non-hydrogen) atoms. The van der Waals surface area contributed by atoms with Crippen molar-refractivity contribution in [2.45, 2.75) is 12.4 Å². The van der Waals surface area contributed by atoms with Crippen molar-refractivity contribution in [3.05, 3.63) is 0 Å². The maximum Gasteiger partial charge on any atom is 0.441 e. The Morgan fingerprint density at radius 3 is 2.64 bits per heavy atom. The highest BCUT2D eigenvalue weighted by Crippen LogP contribution is 2.29. The zero-order valence-electron chi connectivity index (χ0n) is 7.69. The minimum absolute atomic E-state index is 0.0493. The van der Waals surface area contributed by atoms with E-state index < -0.39 is 11.5 Å². The first kappa shape index (κ1) is 13.6. The molecule has 7 heteroatoms. The van der Waals surface area contributed by atoms with Crippen molar-refractivity contribution < 1.29 is 22.7 Å². The van der Waals surface area contributed by atoms with Gasteiger partial charge < -0.3 is 10.1 Å². The molecule has 0 aromatic heterocycles. The van der Waals surface area contributed by atoms with Crippen LogP contribution in [0.15, 0.2) is 0 Å². The first-order valence-electron chi connectivity index (χ1n) is 4.02. The van der Waals surface area contributed by atoms with Crippen molar-refractivity contribution in [3.8, 4) is 0 Å². The highest BCUT2D eigenvalue weighted by molar-refractivity contribution is 8.00. The average Bonchev–Trinajstić information content (AvgIpc) is 2.02. The zero-order valence-corrected chi connectivity index (χ0v) is 8.50. The van der Waals surface area contributed by atoms with Gasteiger partial charge in [0.2, 0.25) is 0 Å². The topological polar surface area (TPSA) is 38.3 Å². The van der Waals surface area contributed by atoms with E-state index in [4.69, 9.17) is 0 Å². The lowest BCUT2D eigenvalue weighted by molar-refractivity contribution is -0.141. The van der Waals surface area contributed by atoms with E-state index in [0.29, 0.717) is 0 Å². The maximum absolute atomic E-state index is 11.6. The van der Waals surface area contributed by atoms with Gasteiger partial charge in [-0.3, -0.25) is 4.79 Å². The average molecular weight is 231 g/mol. The molecule has 0 spiro atoms. The van der Waals surface area contributed by atoms with Gasteiger partial charge in [0, 0.05) is 12.3 Å². The van der Waals surface area contributed by atoms with Gasteiger partial charge in [-0.05, 0) is 18.7 Å². The summed E-state index contributed by atoms with van der Waals surface area (Å²) in [7, 11) is 0. The Labute approximate surface area is 84.4 Å². The molecule has 0 aromatic rings. The van der Waals surface area contributed by atoms with Gasteiger partial charge in [-0.1, -0.05) is 0 Å². The van der Waals surface area contributed by atoms with Crippen molar-refractivity contribution in [1.29, 1.82) is 0 Å². The van der Waals surface area contributed by atoms with Crippen LogP contribution in [0, 0.1) is 0 Å². The summed E-state index contributed by atoms with van der Waals surface area (Å²) in [5.74, 6) is -0.562. The normalized spacial score (nSPS) is 11.4. The number of carbonyl (C=O) groups excluding carboxylic acids is 1. The summed E-state index contributed by atoms with van der Waals surface area (Å²) in [4.78, 5) is 10.7. The van der Waals surface area contributed by atoms with Crippen LogP contribution in [0.1, 0.15) is 6.92 Å². The molecule has 0 heterocycles. The third-order valence-corrected chi connectivity index (χ3v) is 1.85. The van der Waals surface area contributed by atoms with Gasteiger partial charge >= 0.3 is 11.5 Å². The second kappa shape index (κ2) is 6.94. The van der Waals surface area contributed by atoms with Crippen molar-refractivity contribution in [2.24, 2.45) is 0 Å². The highest BCUT2D eigenvalue weighted by Gasteiger charge is 2.27. The van der Waals surface area contributed by atoms with Crippen LogP contribution >= 0.6 is 11.8 Å². The summed E-state index contributed by atoms with van der Waals surface area (Å²) < 4.78 is 39.4. The lowest BCUT2D eigenvalue weighted by atomic mass is 10.6. The Hall–Kier alpha value is -0.430. The van der Waals surface area contributed by atoms with Crippen LogP contribution in [-0.2, 0) is 9.53 Å². The molecule has 84 valence electrons. The second-order valence-corrected chi connectivity index (χ2v) is 3.44. The Bertz CT molecular complexity index is 175. The third kappa shape index (κ3) is 9.66. The van der Waals surface area contributed by atoms with Gasteiger partial charge in [0.25, 0.3) is 0 Å². The molecular weight excluding hydrogens is 219 g/mol. The Balaban J connectivity index is 3.26. The molecular formula is C7H12F3NO2S. The fourth-order valence-corrected chi connectivity index (χ4v) is 1.12. The van der Waals surface area contributed by atoms with E-state index in [0.717, 1.165) is 0 Å². The highest BCUT2D eigenvalue weighted by atomic mass is 32.2. The standard InChI is InChI=1S/C7H12F3NO2S/c1-2-13-6(12)5-11-3-4-14-7(8,9)10/h11H,2-5H2,1H3. The van der Waals surface area contributed by atoms with E-state index in [1.165, 1.54) is 0 Å². The van der Waals surface area contributed by atoms with Crippen LogP contribution in [-0.4, -0.2) is 36.9 Å². The molecule has 0 aliphatic heterocycles. The predicted octanol–water partition coefficient (Wildman–Crippen LogP) is 1.39. The number of thioether (sulfide) groups is 1. The van der Waals surface area contributed by atoms with Crippen LogP contribution in [0.4, 0.5) is 13.2 Å². The molecule has 0 bridgehead atoms. The molecule has 1 N–H and O–H groups in total. The quantitative estimate of drug-likeness (QED) is 0.554. The molecule has 0 unspecified atom stereocenters. The summed E-state index contributed by atoms with van der Waals surface area (Å²) in [6.07, 6.45) is 0. The van der Waals surface area contributed by atoms with Crippen molar-refractivity contribution in [3.63, 3.8) is 0 Å². The lowest BCUT2D eigenvalue weighted by Gasteiger charge is -2.06. The molecule has 0 aromatic carbocycles. The van der Waals surface area contributed by atoms with E-state index in [-0.39, 0.29) is 37.2 Å². The summed E-state index contributed by atoms with van der Waals surface area (Å²) in [6.45, 7) is 2.02. The fraction of sp³-hybridized carbons (Fsp3) is 0.857. The summed E-state index contributed by atoms with van der Waals surface area (Å²) in [6, 6.07) is 0. The number of ether oxygens (including phenoxy) is 1. The first-order chi connectivity index (χ1) is 6.45. The molecule has 0 atom stereocenters. The van der Waals surface area contributed by atoms with E-state index in [2.05, 4.69) is 10.1 Å². The number of halogens is 3. The Morgan fingerprint density at radius 2 is 2.14 bits per heavy atom. The minimum atomic E-state index is -4.20. The van der Waals surface area contributed by atoms with E-state index in [1.807, 2.05) is 0 Å². The van der Waals surface area contributed by atoms with Gasteiger partial charge in [-0.15, -0.1) is 0 Å². The number of rotatable bonds is 6. The van der Waals surface area contributed by atoms with E-state index in [9.17, 15) is 18.0 Å². The first-order valence-corrected chi connectivity index (χ1v) is 5.01.